The summed E-state index contributed by atoms with van der Waals surface area (Å²) in [5.74, 6) is 0.808. The Morgan fingerprint density at radius 2 is 1.97 bits per heavy atom. The quantitative estimate of drug-likeness (QED) is 0.517. The molecule has 2 fully saturated rings. The van der Waals surface area contributed by atoms with Crippen LogP contribution in [0.4, 0.5) is 0 Å². The predicted octanol–water partition coefficient (Wildman–Crippen LogP) is 5.68. The number of hydrogen-bond donors (Lipinski definition) is 1. The van der Waals surface area contributed by atoms with Gasteiger partial charge in [-0.1, -0.05) is 41.5 Å². The van der Waals surface area contributed by atoms with Crippen LogP contribution in [0.2, 0.25) is 5.02 Å². The summed E-state index contributed by atoms with van der Waals surface area (Å²) < 4.78 is 6.89. The van der Waals surface area contributed by atoms with Crippen molar-refractivity contribution in [2.24, 2.45) is 0 Å². The van der Waals surface area contributed by atoms with E-state index < -0.39 is 0 Å². The Hall–Kier alpha value is -1.73. The third-order valence-electron chi connectivity index (χ3n) is 6.54. The third kappa shape index (κ3) is 5.20. The molecule has 2 aromatic heterocycles. The van der Waals surface area contributed by atoms with E-state index in [0.717, 1.165) is 29.0 Å². The largest absolute Gasteiger partial charge is 0.431 e. The van der Waals surface area contributed by atoms with Crippen molar-refractivity contribution >= 4 is 33.3 Å². The van der Waals surface area contributed by atoms with E-state index in [1.165, 1.54) is 75.1 Å². The summed E-state index contributed by atoms with van der Waals surface area (Å²) in [6, 6.07) is 11.9. The second-order valence-electron chi connectivity index (χ2n) is 8.61. The summed E-state index contributed by atoms with van der Waals surface area (Å²) in [5, 5.41) is 4.72. The van der Waals surface area contributed by atoms with Crippen molar-refractivity contribution in [1.82, 2.24) is 20.2 Å². The summed E-state index contributed by atoms with van der Waals surface area (Å²) in [5.41, 5.74) is 2.05. The highest BCUT2D eigenvalue weighted by atomic mass is 35.5. The molecule has 0 bridgehead atoms. The number of thiazole rings is 1. The number of piperidine rings is 2. The third-order valence-corrected chi connectivity index (χ3v) is 7.62. The summed E-state index contributed by atoms with van der Waals surface area (Å²) in [6.07, 6.45) is 10.7. The fourth-order valence-electron chi connectivity index (χ4n) is 4.93. The number of likely N-dealkylation sites (tertiary alicyclic amines) is 1. The van der Waals surface area contributed by atoms with Gasteiger partial charge < -0.3 is 10.1 Å². The van der Waals surface area contributed by atoms with Gasteiger partial charge >= 0.3 is 0 Å². The van der Waals surface area contributed by atoms with Crippen molar-refractivity contribution in [2.75, 3.05) is 19.6 Å². The smallest absolute Gasteiger partial charge is 0.281 e. The monoisotopic (exact) mass is 456 g/mol. The number of benzene rings is 1. The Morgan fingerprint density at radius 1 is 1.13 bits per heavy atom. The zero-order valence-electron chi connectivity index (χ0n) is 17.7. The van der Waals surface area contributed by atoms with Crippen LogP contribution >= 0.6 is 22.9 Å². The van der Waals surface area contributed by atoms with E-state index in [2.05, 4.69) is 32.3 Å². The van der Waals surface area contributed by atoms with Crippen molar-refractivity contribution in [3.05, 3.63) is 47.1 Å². The second-order valence-corrected chi connectivity index (χ2v) is 10.0. The first-order valence-corrected chi connectivity index (χ1v) is 12.6. The van der Waals surface area contributed by atoms with Crippen LogP contribution in [0.5, 0.6) is 10.9 Å². The lowest BCUT2D eigenvalue weighted by atomic mass is 9.92. The van der Waals surface area contributed by atoms with Gasteiger partial charge in [0.15, 0.2) is 5.65 Å². The van der Waals surface area contributed by atoms with E-state index in [9.17, 15) is 0 Å². The standard InChI is InChI=1S/C24H29ClN4OS/c25-18-15-22-23(27-16-18)28-24(31-22)30-21-8-5-17(6-9-21)4-7-19-3-1-2-14-29(19)20-10-12-26-13-11-20/h5-6,8-9,15-16,19-20,26H,1-4,7,10-14H2. The van der Waals surface area contributed by atoms with Gasteiger partial charge in [0.25, 0.3) is 5.19 Å². The Kier molecular flexibility index (Phi) is 6.69. The zero-order chi connectivity index (χ0) is 21.0. The molecule has 5 nitrogen and oxygen atoms in total. The summed E-state index contributed by atoms with van der Waals surface area (Å²) in [4.78, 5) is 11.5. The van der Waals surface area contributed by atoms with Crippen LogP contribution in [0.15, 0.2) is 36.5 Å². The molecule has 31 heavy (non-hydrogen) atoms. The number of nitrogens with zero attached hydrogens (tertiary/aromatic N) is 3. The molecule has 1 unspecified atom stereocenters. The Balaban J connectivity index is 1.18. The van der Waals surface area contributed by atoms with Gasteiger partial charge in [0, 0.05) is 18.3 Å². The Morgan fingerprint density at radius 3 is 2.81 bits per heavy atom. The molecular formula is C24H29ClN4OS. The van der Waals surface area contributed by atoms with Crippen molar-refractivity contribution in [3.8, 4) is 10.9 Å². The van der Waals surface area contributed by atoms with Gasteiger partial charge in [-0.2, -0.15) is 4.98 Å². The first-order valence-electron chi connectivity index (χ1n) is 11.4. The molecule has 0 saturated carbocycles. The summed E-state index contributed by atoms with van der Waals surface area (Å²) in [6.45, 7) is 3.63. The van der Waals surface area contributed by atoms with Gasteiger partial charge in [0.05, 0.1) is 9.72 Å². The number of nitrogens with one attached hydrogen (secondary N) is 1. The van der Waals surface area contributed by atoms with Gasteiger partial charge in [0.1, 0.15) is 5.75 Å². The van der Waals surface area contributed by atoms with Gasteiger partial charge in [-0.05, 0) is 81.9 Å². The lowest BCUT2D eigenvalue weighted by molar-refractivity contribution is 0.0716. The maximum absolute atomic E-state index is 6.01. The minimum atomic E-state index is 0.595. The second kappa shape index (κ2) is 9.82. The van der Waals surface area contributed by atoms with Crippen LogP contribution in [-0.2, 0) is 6.42 Å². The van der Waals surface area contributed by atoms with Crippen LogP contribution in [0, 0.1) is 0 Å². The van der Waals surface area contributed by atoms with E-state index in [1.54, 1.807) is 6.20 Å². The fraction of sp³-hybridized carbons (Fsp3) is 0.500. The molecule has 5 rings (SSSR count). The highest BCUT2D eigenvalue weighted by Gasteiger charge is 2.29. The summed E-state index contributed by atoms with van der Waals surface area (Å²) in [7, 11) is 0. The lowest BCUT2D eigenvalue weighted by Gasteiger charge is -2.43. The normalized spacial score (nSPS) is 20.9. The molecule has 1 aromatic carbocycles. The highest BCUT2D eigenvalue weighted by molar-refractivity contribution is 7.20. The minimum Gasteiger partial charge on any atom is -0.431 e. The molecule has 2 aliphatic rings. The highest BCUT2D eigenvalue weighted by Crippen LogP contribution is 2.32. The molecule has 3 aromatic rings. The van der Waals surface area contributed by atoms with E-state index in [-0.39, 0.29) is 0 Å². The van der Waals surface area contributed by atoms with E-state index in [4.69, 9.17) is 16.3 Å². The number of halogens is 1. The Labute approximate surface area is 192 Å². The maximum Gasteiger partial charge on any atom is 0.281 e. The number of aromatic nitrogens is 2. The molecule has 1 N–H and O–H groups in total. The van der Waals surface area contributed by atoms with E-state index >= 15 is 0 Å². The van der Waals surface area contributed by atoms with E-state index in [1.807, 2.05) is 18.2 Å². The number of aryl methyl sites for hydroxylation is 1. The van der Waals surface area contributed by atoms with Gasteiger partial charge in [0.2, 0.25) is 0 Å². The van der Waals surface area contributed by atoms with Crippen LogP contribution in [-0.4, -0.2) is 46.6 Å². The number of fused-ring (bicyclic) bond motifs is 1. The molecule has 4 heterocycles. The minimum absolute atomic E-state index is 0.595. The topological polar surface area (TPSA) is 50.3 Å². The maximum atomic E-state index is 6.01. The number of hydrogen-bond acceptors (Lipinski definition) is 6. The van der Waals surface area contributed by atoms with Gasteiger partial charge in [-0.3, -0.25) is 4.90 Å². The molecule has 0 amide bonds. The predicted molar refractivity (Wildman–Crippen MR) is 127 cm³/mol. The lowest BCUT2D eigenvalue weighted by Crippen LogP contribution is -2.50. The molecule has 0 aliphatic carbocycles. The summed E-state index contributed by atoms with van der Waals surface area (Å²) >= 11 is 7.48. The molecule has 0 radical (unpaired) electrons. The average molecular weight is 457 g/mol. The van der Waals surface area contributed by atoms with Crippen LogP contribution in [0.1, 0.15) is 44.1 Å². The van der Waals surface area contributed by atoms with Crippen LogP contribution < -0.4 is 10.1 Å². The van der Waals surface area contributed by atoms with Crippen molar-refractivity contribution in [2.45, 2.75) is 57.0 Å². The number of pyridine rings is 1. The molecule has 2 aliphatic heterocycles. The van der Waals surface area contributed by atoms with Crippen molar-refractivity contribution < 1.29 is 4.74 Å². The number of rotatable bonds is 6. The SMILES string of the molecule is Clc1cnc2nc(Oc3ccc(CCC4CCCCN4C4CCNCC4)cc3)sc2c1. The van der Waals surface area contributed by atoms with Gasteiger partial charge in [-0.15, -0.1) is 0 Å². The molecule has 0 spiro atoms. The van der Waals surface area contributed by atoms with Crippen LogP contribution in [0.3, 0.4) is 0 Å². The van der Waals surface area contributed by atoms with E-state index in [0.29, 0.717) is 15.9 Å². The molecular weight excluding hydrogens is 428 g/mol. The molecule has 7 heteroatoms. The average Bonchev–Trinajstić information content (AvgIpc) is 3.21. The number of ether oxygens (including phenoxy) is 1. The Bertz CT molecular complexity index is 1000. The first-order chi connectivity index (χ1) is 15.2. The first kappa shape index (κ1) is 21.1. The fourth-order valence-corrected chi connectivity index (χ4v) is 5.99. The molecule has 1 atom stereocenters. The van der Waals surface area contributed by atoms with Crippen molar-refractivity contribution in [1.29, 1.82) is 0 Å². The van der Waals surface area contributed by atoms with Gasteiger partial charge in [-0.25, -0.2) is 4.98 Å². The van der Waals surface area contributed by atoms with Crippen LogP contribution in [0.25, 0.3) is 10.3 Å². The molecule has 2 saturated heterocycles. The zero-order valence-corrected chi connectivity index (χ0v) is 19.3. The van der Waals surface area contributed by atoms with Crippen molar-refractivity contribution in [3.63, 3.8) is 0 Å². The molecule has 164 valence electrons.